The SMILES string of the molecule is Cc1ccc(-n2c(C)cc(C=C3C(=O)NC(=O)NC3=O)c2C)c(C)c1. The average molecular weight is 337 g/mol. The molecule has 6 heteroatoms. The molecular formula is C19H19N3O3. The molecule has 1 fully saturated rings. The normalized spacial score (nSPS) is 14.4. The molecule has 1 saturated heterocycles. The summed E-state index contributed by atoms with van der Waals surface area (Å²) in [5.74, 6) is -1.38. The molecule has 0 radical (unpaired) electrons. The smallest absolute Gasteiger partial charge is 0.318 e. The maximum absolute atomic E-state index is 11.9. The molecule has 1 aliphatic heterocycles. The number of hydrogen-bond donors (Lipinski definition) is 2. The van der Waals surface area contributed by atoms with Crippen LogP contribution in [0.5, 0.6) is 0 Å². The third-order valence-corrected chi connectivity index (χ3v) is 4.31. The largest absolute Gasteiger partial charge is 0.328 e. The summed E-state index contributed by atoms with van der Waals surface area (Å²) in [5, 5.41) is 4.17. The van der Waals surface area contributed by atoms with E-state index in [0.717, 1.165) is 28.2 Å². The van der Waals surface area contributed by atoms with Crippen molar-refractivity contribution >= 4 is 23.9 Å². The molecule has 1 aromatic carbocycles. The first-order valence-electron chi connectivity index (χ1n) is 7.93. The van der Waals surface area contributed by atoms with E-state index in [1.807, 2.05) is 39.8 Å². The van der Waals surface area contributed by atoms with Crippen LogP contribution >= 0.6 is 0 Å². The van der Waals surface area contributed by atoms with Crippen molar-refractivity contribution in [2.45, 2.75) is 27.7 Å². The van der Waals surface area contributed by atoms with E-state index in [9.17, 15) is 14.4 Å². The molecule has 1 aromatic heterocycles. The highest BCUT2D eigenvalue weighted by Crippen LogP contribution is 2.25. The van der Waals surface area contributed by atoms with Crippen LogP contribution in [-0.2, 0) is 9.59 Å². The average Bonchev–Trinajstić information content (AvgIpc) is 2.78. The predicted molar refractivity (Wildman–Crippen MR) is 94.4 cm³/mol. The van der Waals surface area contributed by atoms with E-state index < -0.39 is 17.8 Å². The van der Waals surface area contributed by atoms with E-state index in [0.29, 0.717) is 0 Å². The number of imide groups is 2. The van der Waals surface area contributed by atoms with Crippen molar-refractivity contribution in [2.75, 3.05) is 0 Å². The summed E-state index contributed by atoms with van der Waals surface area (Å²) < 4.78 is 2.09. The van der Waals surface area contributed by atoms with Crippen LogP contribution in [0.1, 0.15) is 28.1 Å². The van der Waals surface area contributed by atoms with E-state index in [1.54, 1.807) is 0 Å². The maximum atomic E-state index is 11.9. The van der Waals surface area contributed by atoms with Crippen LogP contribution in [0.3, 0.4) is 0 Å². The summed E-state index contributed by atoms with van der Waals surface area (Å²) in [6, 6.07) is 7.33. The number of hydrogen-bond acceptors (Lipinski definition) is 3. The molecule has 0 atom stereocenters. The topological polar surface area (TPSA) is 80.2 Å². The standard InChI is InChI=1S/C19H19N3O3/c1-10-5-6-16(11(2)7-10)22-12(3)8-14(13(22)4)9-15-17(23)20-19(25)21-18(15)24/h5-9H,1-4H3,(H2,20,21,23,24,25). The number of benzene rings is 1. The molecule has 25 heavy (non-hydrogen) atoms. The third kappa shape index (κ3) is 2.98. The molecule has 0 unspecified atom stereocenters. The molecule has 4 amide bonds. The Morgan fingerprint density at radius 2 is 1.56 bits per heavy atom. The highest BCUT2D eigenvalue weighted by molar-refractivity contribution is 6.31. The minimum absolute atomic E-state index is 0.0829. The van der Waals surface area contributed by atoms with Gasteiger partial charge in [-0.25, -0.2) is 4.79 Å². The summed E-state index contributed by atoms with van der Waals surface area (Å²) in [4.78, 5) is 35.0. The van der Waals surface area contributed by atoms with Crippen LogP contribution in [0, 0.1) is 27.7 Å². The van der Waals surface area contributed by atoms with Gasteiger partial charge in [-0.15, -0.1) is 0 Å². The van der Waals surface area contributed by atoms with E-state index in [-0.39, 0.29) is 5.57 Å². The number of nitrogens with zero attached hydrogens (tertiary/aromatic N) is 1. The molecule has 0 aliphatic carbocycles. The highest BCUT2D eigenvalue weighted by Gasteiger charge is 2.28. The van der Waals surface area contributed by atoms with Crippen LogP contribution in [0.25, 0.3) is 11.8 Å². The Balaban J connectivity index is 2.09. The Morgan fingerprint density at radius 3 is 2.16 bits per heavy atom. The fourth-order valence-corrected chi connectivity index (χ4v) is 3.12. The second-order valence-corrected chi connectivity index (χ2v) is 6.25. The van der Waals surface area contributed by atoms with Gasteiger partial charge in [0.05, 0.1) is 0 Å². The van der Waals surface area contributed by atoms with Gasteiger partial charge in [0.2, 0.25) is 0 Å². The van der Waals surface area contributed by atoms with Crippen molar-refractivity contribution in [3.63, 3.8) is 0 Å². The number of carbonyl (C=O) groups excluding carboxylic acids is 3. The summed E-state index contributed by atoms with van der Waals surface area (Å²) in [5.41, 5.74) is 5.95. The Kier molecular flexibility index (Phi) is 4.04. The predicted octanol–water partition coefficient (Wildman–Crippen LogP) is 2.46. The van der Waals surface area contributed by atoms with E-state index in [1.165, 1.54) is 11.6 Å². The highest BCUT2D eigenvalue weighted by atomic mass is 16.2. The van der Waals surface area contributed by atoms with E-state index >= 15 is 0 Å². The lowest BCUT2D eigenvalue weighted by Gasteiger charge is -2.15. The van der Waals surface area contributed by atoms with Crippen LogP contribution < -0.4 is 10.6 Å². The molecule has 2 N–H and O–H groups in total. The third-order valence-electron chi connectivity index (χ3n) is 4.31. The number of aryl methyl sites for hydroxylation is 3. The minimum Gasteiger partial charge on any atom is -0.318 e. The molecule has 0 spiro atoms. The quantitative estimate of drug-likeness (QED) is 0.652. The number of amides is 4. The second kappa shape index (κ2) is 6.05. The van der Waals surface area contributed by atoms with Gasteiger partial charge in [0.15, 0.2) is 0 Å². The summed E-state index contributed by atoms with van der Waals surface area (Å²) >= 11 is 0. The Morgan fingerprint density at radius 1 is 0.920 bits per heavy atom. The van der Waals surface area contributed by atoms with Crippen molar-refractivity contribution < 1.29 is 14.4 Å². The van der Waals surface area contributed by atoms with Crippen molar-refractivity contribution in [3.8, 4) is 5.69 Å². The van der Waals surface area contributed by atoms with E-state index in [4.69, 9.17) is 0 Å². The van der Waals surface area contributed by atoms with Crippen LogP contribution in [0.4, 0.5) is 4.79 Å². The molecule has 0 bridgehead atoms. The first kappa shape index (κ1) is 16.7. The number of aromatic nitrogens is 1. The molecule has 0 saturated carbocycles. The summed E-state index contributed by atoms with van der Waals surface area (Å²) in [6.07, 6.45) is 1.51. The van der Waals surface area contributed by atoms with Crippen molar-refractivity contribution in [1.82, 2.24) is 15.2 Å². The van der Waals surface area contributed by atoms with Gasteiger partial charge in [0, 0.05) is 17.1 Å². The first-order chi connectivity index (χ1) is 11.8. The molecule has 6 nitrogen and oxygen atoms in total. The Hall–Kier alpha value is -3.15. The lowest BCUT2D eigenvalue weighted by atomic mass is 10.1. The minimum atomic E-state index is -0.798. The fourth-order valence-electron chi connectivity index (χ4n) is 3.12. The van der Waals surface area contributed by atoms with Crippen molar-refractivity contribution in [2.24, 2.45) is 0 Å². The number of carbonyl (C=O) groups is 3. The van der Waals surface area contributed by atoms with Crippen molar-refractivity contribution in [1.29, 1.82) is 0 Å². The molecule has 128 valence electrons. The monoisotopic (exact) mass is 337 g/mol. The lowest BCUT2D eigenvalue weighted by molar-refractivity contribution is -0.123. The molecular weight excluding hydrogens is 318 g/mol. The van der Waals surface area contributed by atoms with Crippen LogP contribution in [0.2, 0.25) is 0 Å². The maximum Gasteiger partial charge on any atom is 0.328 e. The van der Waals surface area contributed by atoms with Crippen LogP contribution in [0.15, 0.2) is 29.8 Å². The summed E-state index contributed by atoms with van der Waals surface area (Å²) in [6.45, 7) is 8.00. The Labute approximate surface area is 145 Å². The molecule has 3 rings (SSSR count). The Bertz CT molecular complexity index is 929. The summed E-state index contributed by atoms with van der Waals surface area (Å²) in [7, 11) is 0. The van der Waals surface area contributed by atoms with Gasteiger partial charge in [-0.1, -0.05) is 17.7 Å². The van der Waals surface area contributed by atoms with Gasteiger partial charge in [0.1, 0.15) is 5.57 Å². The number of urea groups is 1. The molecule has 2 heterocycles. The molecule has 2 aromatic rings. The van der Waals surface area contributed by atoms with Gasteiger partial charge in [-0.2, -0.15) is 0 Å². The number of barbiturate groups is 1. The fraction of sp³-hybridized carbons (Fsp3) is 0.211. The van der Waals surface area contributed by atoms with Crippen LogP contribution in [-0.4, -0.2) is 22.4 Å². The zero-order chi connectivity index (χ0) is 18.3. The number of rotatable bonds is 2. The molecule has 1 aliphatic rings. The van der Waals surface area contributed by atoms with Gasteiger partial charge in [-0.05, 0) is 57.0 Å². The number of nitrogens with one attached hydrogen (secondary N) is 2. The van der Waals surface area contributed by atoms with Crippen molar-refractivity contribution in [3.05, 3.63) is 57.9 Å². The first-order valence-corrected chi connectivity index (χ1v) is 7.93. The van der Waals surface area contributed by atoms with Gasteiger partial charge >= 0.3 is 6.03 Å². The zero-order valence-corrected chi connectivity index (χ0v) is 14.6. The van der Waals surface area contributed by atoms with Gasteiger partial charge in [-0.3, -0.25) is 20.2 Å². The van der Waals surface area contributed by atoms with Gasteiger partial charge in [0.25, 0.3) is 11.8 Å². The second-order valence-electron chi connectivity index (χ2n) is 6.25. The van der Waals surface area contributed by atoms with E-state index in [2.05, 4.69) is 27.3 Å². The van der Waals surface area contributed by atoms with Gasteiger partial charge < -0.3 is 4.57 Å². The lowest BCUT2D eigenvalue weighted by Crippen LogP contribution is -2.51. The zero-order valence-electron chi connectivity index (χ0n) is 14.6.